The van der Waals surface area contributed by atoms with Crippen LogP contribution in [0.3, 0.4) is 0 Å². The van der Waals surface area contributed by atoms with Gasteiger partial charge in [-0.2, -0.15) is 0 Å². The second-order valence-electron chi connectivity index (χ2n) is 5.30. The topological polar surface area (TPSA) is 67.6 Å². The van der Waals surface area contributed by atoms with Gasteiger partial charge in [-0.25, -0.2) is 0 Å². The first-order valence-corrected chi connectivity index (χ1v) is 8.50. The Morgan fingerprint density at radius 1 is 1.29 bits per heavy atom. The Labute approximate surface area is 130 Å². The van der Waals surface area contributed by atoms with E-state index >= 15 is 0 Å². The maximum atomic E-state index is 12.1. The average molecular weight is 311 g/mol. The number of carbonyl (C=O) groups excluding carboxylic acids is 1. The van der Waals surface area contributed by atoms with Crippen molar-refractivity contribution in [2.24, 2.45) is 0 Å². The number of nitrogen functional groups attached to an aromatic ring is 1. The predicted octanol–water partition coefficient (Wildman–Crippen LogP) is 2.86. The molecule has 6 heteroatoms. The van der Waals surface area contributed by atoms with Crippen molar-refractivity contribution in [1.29, 1.82) is 0 Å². The van der Waals surface area contributed by atoms with Crippen LogP contribution >= 0.6 is 11.3 Å². The minimum Gasteiger partial charge on any atom is -0.492 e. The Morgan fingerprint density at radius 3 is 2.48 bits per heavy atom. The van der Waals surface area contributed by atoms with Gasteiger partial charge in [0.2, 0.25) is 0 Å². The molecule has 0 saturated carbocycles. The van der Waals surface area contributed by atoms with Crippen molar-refractivity contribution in [3.63, 3.8) is 0 Å². The fraction of sp³-hybridized carbons (Fsp3) is 0.667. The lowest BCUT2D eigenvalue weighted by molar-refractivity contribution is 0.0960. The number of rotatable bonds is 4. The molecule has 0 radical (unpaired) electrons. The highest BCUT2D eigenvalue weighted by atomic mass is 32.1. The van der Waals surface area contributed by atoms with E-state index in [1.807, 2.05) is 6.92 Å². The maximum Gasteiger partial charge on any atom is 0.263 e. The van der Waals surface area contributed by atoms with Crippen molar-refractivity contribution < 1.29 is 9.53 Å². The molecule has 1 aliphatic rings. The standard InChI is InChI=1S/C15H25N3O2S/c1-3-17-14(19)13-11(16)12(20-2)15(21-13)18-9-7-5-4-6-8-10-18/h3-10,16H2,1-2H3,(H,17,19). The summed E-state index contributed by atoms with van der Waals surface area (Å²) in [5.74, 6) is 0.540. The van der Waals surface area contributed by atoms with E-state index in [1.165, 1.54) is 43.4 Å². The Kier molecular flexibility index (Phi) is 5.73. The zero-order valence-electron chi connectivity index (χ0n) is 12.9. The van der Waals surface area contributed by atoms with Crippen molar-refractivity contribution in [3.05, 3.63) is 4.88 Å². The molecule has 5 nitrogen and oxygen atoms in total. The quantitative estimate of drug-likeness (QED) is 0.897. The van der Waals surface area contributed by atoms with Crippen molar-refractivity contribution in [2.45, 2.75) is 39.0 Å². The Morgan fingerprint density at radius 2 is 1.90 bits per heavy atom. The van der Waals surface area contributed by atoms with Crippen LogP contribution in [0.15, 0.2) is 0 Å². The number of anilines is 2. The molecule has 0 aliphatic carbocycles. The molecule has 1 saturated heterocycles. The number of nitrogens with one attached hydrogen (secondary N) is 1. The molecular weight excluding hydrogens is 286 g/mol. The van der Waals surface area contributed by atoms with Gasteiger partial charge in [0.15, 0.2) is 5.75 Å². The first kappa shape index (κ1) is 15.9. The fourth-order valence-electron chi connectivity index (χ4n) is 2.68. The van der Waals surface area contributed by atoms with E-state index in [4.69, 9.17) is 10.5 Å². The largest absolute Gasteiger partial charge is 0.492 e. The molecule has 1 fully saturated rings. The lowest BCUT2D eigenvalue weighted by Gasteiger charge is -2.26. The van der Waals surface area contributed by atoms with Crippen molar-refractivity contribution in [2.75, 3.05) is 37.4 Å². The zero-order valence-corrected chi connectivity index (χ0v) is 13.7. The van der Waals surface area contributed by atoms with Crippen LogP contribution in [0.25, 0.3) is 0 Å². The molecule has 0 atom stereocenters. The summed E-state index contributed by atoms with van der Waals surface area (Å²) in [7, 11) is 1.62. The summed E-state index contributed by atoms with van der Waals surface area (Å²) in [6.45, 7) is 4.51. The van der Waals surface area contributed by atoms with Crippen LogP contribution in [0.5, 0.6) is 5.75 Å². The number of hydrogen-bond donors (Lipinski definition) is 2. The van der Waals surface area contributed by atoms with Gasteiger partial charge in [0.25, 0.3) is 5.91 Å². The molecule has 0 unspecified atom stereocenters. The molecule has 1 aromatic heterocycles. The second kappa shape index (κ2) is 7.54. The van der Waals surface area contributed by atoms with Crippen LogP contribution in [-0.2, 0) is 0 Å². The third-order valence-electron chi connectivity index (χ3n) is 3.77. The second-order valence-corrected chi connectivity index (χ2v) is 6.30. The summed E-state index contributed by atoms with van der Waals surface area (Å²) < 4.78 is 5.47. The van der Waals surface area contributed by atoms with Gasteiger partial charge in [-0.1, -0.05) is 19.3 Å². The van der Waals surface area contributed by atoms with E-state index in [9.17, 15) is 4.79 Å². The smallest absolute Gasteiger partial charge is 0.263 e. The minimum atomic E-state index is -0.114. The molecule has 2 heterocycles. The van der Waals surface area contributed by atoms with Crippen molar-refractivity contribution >= 4 is 27.9 Å². The van der Waals surface area contributed by atoms with Gasteiger partial charge in [-0.05, 0) is 19.8 Å². The highest BCUT2D eigenvalue weighted by Gasteiger charge is 2.25. The molecule has 118 valence electrons. The van der Waals surface area contributed by atoms with Crippen molar-refractivity contribution in [1.82, 2.24) is 5.32 Å². The monoisotopic (exact) mass is 311 g/mol. The Hall–Kier alpha value is -1.43. The molecule has 21 heavy (non-hydrogen) atoms. The minimum absolute atomic E-state index is 0.114. The van der Waals surface area contributed by atoms with Crippen LogP contribution in [0.1, 0.15) is 48.7 Å². The van der Waals surface area contributed by atoms with Crippen LogP contribution in [0.4, 0.5) is 10.7 Å². The third kappa shape index (κ3) is 3.61. The van der Waals surface area contributed by atoms with Gasteiger partial charge in [0.1, 0.15) is 15.6 Å². The number of amides is 1. The number of nitrogens with two attached hydrogens (primary N) is 1. The summed E-state index contributed by atoms with van der Waals surface area (Å²) in [4.78, 5) is 15.0. The highest BCUT2D eigenvalue weighted by Crippen LogP contribution is 2.45. The van der Waals surface area contributed by atoms with Gasteiger partial charge in [-0.15, -0.1) is 11.3 Å². The summed E-state index contributed by atoms with van der Waals surface area (Å²) in [5, 5.41) is 3.81. The average Bonchev–Trinajstić information content (AvgIpc) is 2.75. The number of nitrogens with zero attached hydrogens (tertiary/aromatic N) is 1. The lowest BCUT2D eigenvalue weighted by Crippen LogP contribution is -2.26. The van der Waals surface area contributed by atoms with Crippen LogP contribution < -0.4 is 20.7 Å². The SMILES string of the molecule is CCNC(=O)c1sc(N2CCCCCCC2)c(OC)c1N. The van der Waals surface area contributed by atoms with Gasteiger partial charge in [0.05, 0.1) is 7.11 Å². The fourth-order valence-corrected chi connectivity index (χ4v) is 3.84. The van der Waals surface area contributed by atoms with Crippen LogP contribution in [0.2, 0.25) is 0 Å². The number of hydrogen-bond acceptors (Lipinski definition) is 5. The highest BCUT2D eigenvalue weighted by molar-refractivity contribution is 7.19. The van der Waals surface area contributed by atoms with E-state index in [-0.39, 0.29) is 5.91 Å². The Bertz CT molecular complexity index is 480. The predicted molar refractivity (Wildman–Crippen MR) is 88.6 cm³/mol. The molecule has 1 aliphatic heterocycles. The first-order chi connectivity index (χ1) is 10.2. The molecule has 1 amide bonds. The lowest BCUT2D eigenvalue weighted by atomic mass is 10.1. The van der Waals surface area contributed by atoms with Gasteiger partial charge < -0.3 is 20.7 Å². The normalized spacial score (nSPS) is 16.2. The molecule has 0 spiro atoms. The van der Waals surface area contributed by atoms with E-state index in [0.717, 1.165) is 18.1 Å². The van der Waals surface area contributed by atoms with E-state index < -0.39 is 0 Å². The number of methoxy groups -OCH3 is 1. The molecule has 3 N–H and O–H groups in total. The molecule has 0 bridgehead atoms. The number of thiophene rings is 1. The number of carbonyl (C=O) groups is 1. The van der Waals surface area contributed by atoms with Gasteiger partial charge >= 0.3 is 0 Å². The summed E-state index contributed by atoms with van der Waals surface area (Å²) in [5.41, 5.74) is 6.58. The zero-order chi connectivity index (χ0) is 15.2. The maximum absolute atomic E-state index is 12.1. The van der Waals surface area contributed by atoms with E-state index in [1.54, 1.807) is 7.11 Å². The summed E-state index contributed by atoms with van der Waals surface area (Å²) in [6, 6.07) is 0. The van der Waals surface area contributed by atoms with E-state index in [0.29, 0.717) is 22.9 Å². The Balaban J connectivity index is 2.28. The van der Waals surface area contributed by atoms with Gasteiger partial charge in [0, 0.05) is 19.6 Å². The van der Waals surface area contributed by atoms with Crippen LogP contribution in [-0.4, -0.2) is 32.7 Å². The number of ether oxygens (including phenoxy) is 1. The van der Waals surface area contributed by atoms with Gasteiger partial charge in [-0.3, -0.25) is 4.79 Å². The van der Waals surface area contributed by atoms with E-state index in [2.05, 4.69) is 10.2 Å². The van der Waals surface area contributed by atoms with Crippen molar-refractivity contribution in [3.8, 4) is 5.75 Å². The summed E-state index contributed by atoms with van der Waals surface area (Å²) in [6.07, 6.45) is 6.21. The summed E-state index contributed by atoms with van der Waals surface area (Å²) >= 11 is 1.45. The third-order valence-corrected chi connectivity index (χ3v) is 5.02. The van der Waals surface area contributed by atoms with Crippen LogP contribution in [0, 0.1) is 0 Å². The molecule has 0 aromatic carbocycles. The molecular formula is C15H25N3O2S. The molecule has 1 aromatic rings. The molecule has 2 rings (SSSR count). The first-order valence-electron chi connectivity index (χ1n) is 7.68.